The highest BCUT2D eigenvalue weighted by Gasteiger charge is 2.53. The Hall–Kier alpha value is -1.69. The van der Waals surface area contributed by atoms with Crippen LogP contribution in [0.2, 0.25) is 0 Å². The fourth-order valence-corrected chi connectivity index (χ4v) is 4.08. The molecule has 1 aliphatic carbocycles. The molecule has 3 rings (SSSR count). The molecule has 1 aromatic rings. The molecule has 1 saturated carbocycles. The molecule has 112 valence electrons. The van der Waals surface area contributed by atoms with Crippen molar-refractivity contribution in [2.24, 2.45) is 5.41 Å². The summed E-state index contributed by atoms with van der Waals surface area (Å²) < 4.78 is 0. The fourth-order valence-electron chi connectivity index (χ4n) is 3.18. The van der Waals surface area contributed by atoms with Gasteiger partial charge in [-0.2, -0.15) is 0 Å². The molecule has 0 atom stereocenters. The van der Waals surface area contributed by atoms with E-state index >= 15 is 0 Å². The molecule has 1 saturated heterocycles. The van der Waals surface area contributed by atoms with Crippen LogP contribution in [0.3, 0.4) is 0 Å². The third-order valence-corrected chi connectivity index (χ3v) is 5.54. The number of nitrogens with one attached hydrogen (secondary N) is 1. The van der Waals surface area contributed by atoms with Gasteiger partial charge in [0.25, 0.3) is 0 Å². The zero-order chi connectivity index (χ0) is 15.0. The molecule has 5 nitrogen and oxygen atoms in total. The Morgan fingerprint density at radius 1 is 1.24 bits per heavy atom. The van der Waals surface area contributed by atoms with Gasteiger partial charge in [0.05, 0.1) is 6.54 Å². The number of thiophene rings is 1. The van der Waals surface area contributed by atoms with Crippen molar-refractivity contribution in [3.8, 4) is 0 Å². The summed E-state index contributed by atoms with van der Waals surface area (Å²) in [5, 5.41) is 4.33. The minimum absolute atomic E-state index is 0.253. The number of hydrogen-bond acceptors (Lipinski definition) is 4. The van der Waals surface area contributed by atoms with Gasteiger partial charge in [0.2, 0.25) is 11.8 Å². The highest BCUT2D eigenvalue weighted by atomic mass is 32.1. The van der Waals surface area contributed by atoms with Gasteiger partial charge in [0, 0.05) is 4.88 Å². The third kappa shape index (κ3) is 2.27. The highest BCUT2D eigenvalue weighted by Crippen LogP contribution is 2.40. The zero-order valence-electron chi connectivity index (χ0n) is 12.0. The van der Waals surface area contributed by atoms with E-state index in [1.807, 2.05) is 18.4 Å². The van der Waals surface area contributed by atoms with Crippen molar-refractivity contribution < 1.29 is 14.4 Å². The molecular formula is C15H18N2O3S. The molecule has 0 radical (unpaired) electrons. The number of barbiturate groups is 1. The molecule has 0 bridgehead atoms. The number of carbonyl (C=O) groups is 3. The SMILES string of the molecule is Cc1ccsc1CN1C(=O)NC(=O)C2(CCCCC2)C1=O. The molecule has 2 aliphatic rings. The van der Waals surface area contributed by atoms with Gasteiger partial charge in [-0.05, 0) is 36.8 Å². The van der Waals surface area contributed by atoms with Crippen molar-refractivity contribution in [1.82, 2.24) is 10.2 Å². The van der Waals surface area contributed by atoms with Crippen LogP contribution in [-0.2, 0) is 16.1 Å². The normalized spacial score (nSPS) is 21.8. The van der Waals surface area contributed by atoms with E-state index in [4.69, 9.17) is 0 Å². The molecule has 1 aromatic heterocycles. The molecule has 0 aromatic carbocycles. The summed E-state index contributed by atoms with van der Waals surface area (Å²) in [6, 6.07) is 1.38. The zero-order valence-corrected chi connectivity index (χ0v) is 12.8. The largest absolute Gasteiger partial charge is 0.331 e. The standard InChI is InChI=1S/C15H18N2O3S/c1-10-5-8-21-11(10)9-17-13(19)15(6-3-2-4-7-15)12(18)16-14(17)20/h5,8H,2-4,6-7,9H2,1H3,(H,16,18,20). The molecule has 6 heteroatoms. The fraction of sp³-hybridized carbons (Fsp3) is 0.533. The third-order valence-electron chi connectivity index (χ3n) is 4.53. The minimum Gasteiger partial charge on any atom is -0.277 e. The van der Waals surface area contributed by atoms with Gasteiger partial charge < -0.3 is 0 Å². The van der Waals surface area contributed by atoms with E-state index in [9.17, 15) is 14.4 Å². The number of urea groups is 1. The van der Waals surface area contributed by atoms with Crippen LogP contribution >= 0.6 is 11.3 Å². The van der Waals surface area contributed by atoms with Gasteiger partial charge in [-0.15, -0.1) is 11.3 Å². The molecule has 2 fully saturated rings. The van der Waals surface area contributed by atoms with Gasteiger partial charge >= 0.3 is 6.03 Å². The molecular weight excluding hydrogens is 288 g/mol. The van der Waals surface area contributed by atoms with Gasteiger partial charge in [-0.25, -0.2) is 4.79 Å². The van der Waals surface area contributed by atoms with Crippen molar-refractivity contribution in [3.05, 3.63) is 21.9 Å². The first-order valence-corrected chi connectivity index (χ1v) is 8.13. The van der Waals surface area contributed by atoms with Crippen LogP contribution in [0.5, 0.6) is 0 Å². The van der Waals surface area contributed by atoms with E-state index in [-0.39, 0.29) is 12.5 Å². The molecule has 21 heavy (non-hydrogen) atoms. The van der Waals surface area contributed by atoms with Crippen LogP contribution in [0.4, 0.5) is 4.79 Å². The predicted octanol–water partition coefficient (Wildman–Crippen LogP) is 2.59. The van der Waals surface area contributed by atoms with Crippen LogP contribution in [0.25, 0.3) is 0 Å². The smallest absolute Gasteiger partial charge is 0.277 e. The summed E-state index contributed by atoms with van der Waals surface area (Å²) in [6.07, 6.45) is 3.86. The Balaban J connectivity index is 1.89. The van der Waals surface area contributed by atoms with E-state index in [1.54, 1.807) is 0 Å². The average molecular weight is 306 g/mol. The molecule has 2 heterocycles. The quantitative estimate of drug-likeness (QED) is 0.854. The van der Waals surface area contributed by atoms with Gasteiger partial charge in [0.15, 0.2) is 0 Å². The lowest BCUT2D eigenvalue weighted by atomic mass is 9.71. The lowest BCUT2D eigenvalue weighted by Gasteiger charge is -2.41. The van der Waals surface area contributed by atoms with E-state index in [0.717, 1.165) is 29.7 Å². The van der Waals surface area contributed by atoms with Crippen LogP contribution < -0.4 is 5.32 Å². The molecule has 1 N–H and O–H groups in total. The van der Waals surface area contributed by atoms with Crippen molar-refractivity contribution in [1.29, 1.82) is 0 Å². The lowest BCUT2D eigenvalue weighted by Crippen LogP contribution is -2.63. The number of rotatable bonds is 2. The number of aryl methyl sites for hydroxylation is 1. The van der Waals surface area contributed by atoms with Crippen molar-refractivity contribution in [2.45, 2.75) is 45.6 Å². The first kappa shape index (κ1) is 14.3. The number of amides is 4. The summed E-state index contributed by atoms with van der Waals surface area (Å²) in [7, 11) is 0. The Labute approximate surface area is 127 Å². The Kier molecular flexibility index (Phi) is 3.57. The van der Waals surface area contributed by atoms with E-state index in [1.165, 1.54) is 16.2 Å². The second-order valence-electron chi connectivity index (χ2n) is 5.82. The Morgan fingerprint density at radius 2 is 1.95 bits per heavy atom. The summed E-state index contributed by atoms with van der Waals surface area (Å²) in [5.74, 6) is -0.722. The predicted molar refractivity (Wildman–Crippen MR) is 78.7 cm³/mol. The number of imide groups is 2. The molecule has 0 unspecified atom stereocenters. The maximum Gasteiger partial charge on any atom is 0.331 e. The topological polar surface area (TPSA) is 66.5 Å². The Bertz CT molecular complexity index is 602. The highest BCUT2D eigenvalue weighted by molar-refractivity contribution is 7.10. The van der Waals surface area contributed by atoms with E-state index < -0.39 is 17.4 Å². The summed E-state index contributed by atoms with van der Waals surface area (Å²) in [6.45, 7) is 2.21. The van der Waals surface area contributed by atoms with Crippen LogP contribution in [0.15, 0.2) is 11.4 Å². The second-order valence-corrected chi connectivity index (χ2v) is 6.82. The molecule has 4 amide bonds. The monoisotopic (exact) mass is 306 g/mol. The van der Waals surface area contributed by atoms with Crippen LogP contribution in [0, 0.1) is 12.3 Å². The van der Waals surface area contributed by atoms with E-state index in [0.29, 0.717) is 12.8 Å². The summed E-state index contributed by atoms with van der Waals surface area (Å²) >= 11 is 1.52. The first-order chi connectivity index (χ1) is 10.0. The van der Waals surface area contributed by atoms with Crippen molar-refractivity contribution in [2.75, 3.05) is 0 Å². The van der Waals surface area contributed by atoms with Gasteiger partial charge in [-0.3, -0.25) is 19.8 Å². The maximum absolute atomic E-state index is 12.8. The van der Waals surface area contributed by atoms with Crippen molar-refractivity contribution >= 4 is 29.2 Å². The first-order valence-electron chi connectivity index (χ1n) is 7.25. The summed E-state index contributed by atoms with van der Waals surface area (Å²) in [4.78, 5) is 39.3. The Morgan fingerprint density at radius 3 is 2.57 bits per heavy atom. The van der Waals surface area contributed by atoms with Crippen molar-refractivity contribution in [3.63, 3.8) is 0 Å². The average Bonchev–Trinajstić information content (AvgIpc) is 2.88. The maximum atomic E-state index is 12.8. The minimum atomic E-state index is -1.02. The molecule has 1 aliphatic heterocycles. The number of hydrogen-bond donors (Lipinski definition) is 1. The van der Waals surface area contributed by atoms with Crippen LogP contribution in [-0.4, -0.2) is 22.7 Å². The number of nitrogens with zero attached hydrogens (tertiary/aromatic N) is 1. The second kappa shape index (κ2) is 5.26. The van der Waals surface area contributed by atoms with Crippen LogP contribution in [0.1, 0.15) is 42.5 Å². The lowest BCUT2D eigenvalue weighted by molar-refractivity contribution is -0.154. The van der Waals surface area contributed by atoms with Gasteiger partial charge in [0.1, 0.15) is 5.41 Å². The summed E-state index contributed by atoms with van der Waals surface area (Å²) in [5.41, 5.74) is 0.0485. The molecule has 1 spiro atoms. The van der Waals surface area contributed by atoms with Gasteiger partial charge in [-0.1, -0.05) is 19.3 Å². The van der Waals surface area contributed by atoms with E-state index in [2.05, 4.69) is 5.32 Å². The number of carbonyl (C=O) groups excluding carboxylic acids is 3.